The minimum atomic E-state index is -0.0227. The molecule has 1 rings (SSSR count). The predicted octanol–water partition coefficient (Wildman–Crippen LogP) is 2.48. The van der Waals surface area contributed by atoms with Crippen molar-refractivity contribution in [2.45, 2.75) is 39.7 Å². The molecular formula is C14H25N3O. The molecule has 0 spiro atoms. The van der Waals surface area contributed by atoms with E-state index in [1.165, 1.54) is 0 Å². The number of pyridine rings is 1. The summed E-state index contributed by atoms with van der Waals surface area (Å²) in [5.41, 5.74) is 0. The fraction of sp³-hybridized carbons (Fsp3) is 0.571. The van der Waals surface area contributed by atoms with Crippen LogP contribution < -0.4 is 10.6 Å². The number of Topliss-reactive ketones (excluding diaryl/α,β-unsaturated/α-hetero) is 1. The molecular weight excluding hydrogens is 226 g/mol. The molecule has 4 heteroatoms. The van der Waals surface area contributed by atoms with Gasteiger partial charge >= 0.3 is 0 Å². The van der Waals surface area contributed by atoms with Crippen LogP contribution in [0.4, 0.5) is 5.82 Å². The third-order valence-electron chi connectivity index (χ3n) is 2.48. The number of carbonyl (C=O) groups is 1. The molecule has 102 valence electrons. The molecule has 1 aromatic rings. The maximum absolute atomic E-state index is 11.1. The smallest absolute Gasteiger partial charge is 0.146 e. The minimum absolute atomic E-state index is 0.0227. The van der Waals surface area contributed by atoms with Gasteiger partial charge in [0.2, 0.25) is 0 Å². The highest BCUT2D eigenvalue weighted by Crippen LogP contribution is 2.02. The average Bonchev–Trinajstić information content (AvgIpc) is 2.42. The Kier molecular flexibility index (Phi) is 9.87. The molecule has 0 aliphatic heterocycles. The van der Waals surface area contributed by atoms with Crippen LogP contribution >= 0.6 is 0 Å². The number of anilines is 1. The van der Waals surface area contributed by atoms with E-state index in [0.717, 1.165) is 25.2 Å². The normalized spacial score (nSPS) is 11.1. The van der Waals surface area contributed by atoms with Gasteiger partial charge in [-0.2, -0.15) is 0 Å². The van der Waals surface area contributed by atoms with Gasteiger partial charge < -0.3 is 10.6 Å². The van der Waals surface area contributed by atoms with E-state index in [4.69, 9.17) is 0 Å². The summed E-state index contributed by atoms with van der Waals surface area (Å²) in [5, 5.41) is 6.22. The average molecular weight is 251 g/mol. The van der Waals surface area contributed by atoms with E-state index < -0.39 is 0 Å². The Bertz CT molecular complexity index is 314. The van der Waals surface area contributed by atoms with Gasteiger partial charge in [-0.05, 0) is 38.9 Å². The first kappa shape index (κ1) is 16.6. The van der Waals surface area contributed by atoms with E-state index >= 15 is 0 Å². The van der Waals surface area contributed by atoms with Crippen LogP contribution in [0.25, 0.3) is 0 Å². The Morgan fingerprint density at radius 1 is 1.39 bits per heavy atom. The van der Waals surface area contributed by atoms with Gasteiger partial charge in [-0.25, -0.2) is 4.98 Å². The lowest BCUT2D eigenvalue weighted by Crippen LogP contribution is -2.32. The third kappa shape index (κ3) is 7.01. The summed E-state index contributed by atoms with van der Waals surface area (Å²) in [7, 11) is 1.82. The standard InChI is InChI=1S/C12H19N3O.C2H6/c1-10(16)11(13-2)6-5-9-15-12-7-3-4-8-14-12;1-2/h3-4,7-8,11,13H,5-6,9H2,1-2H3,(H,14,15);1-2H3. The van der Waals surface area contributed by atoms with Gasteiger partial charge in [0.05, 0.1) is 6.04 Å². The van der Waals surface area contributed by atoms with E-state index in [1.54, 1.807) is 13.1 Å². The van der Waals surface area contributed by atoms with Crippen LogP contribution in [0.1, 0.15) is 33.6 Å². The van der Waals surface area contributed by atoms with E-state index in [9.17, 15) is 4.79 Å². The largest absolute Gasteiger partial charge is 0.370 e. The molecule has 0 saturated carbocycles. The zero-order valence-corrected chi connectivity index (χ0v) is 11.9. The second kappa shape index (κ2) is 10.7. The number of nitrogens with zero attached hydrogens (tertiary/aromatic N) is 1. The van der Waals surface area contributed by atoms with Crippen molar-refractivity contribution in [1.82, 2.24) is 10.3 Å². The molecule has 1 unspecified atom stereocenters. The summed E-state index contributed by atoms with van der Waals surface area (Å²) in [4.78, 5) is 15.3. The van der Waals surface area contributed by atoms with Gasteiger partial charge in [0.15, 0.2) is 0 Å². The number of rotatable bonds is 7. The molecule has 0 radical (unpaired) electrons. The molecule has 0 bridgehead atoms. The summed E-state index contributed by atoms with van der Waals surface area (Å²) < 4.78 is 0. The van der Waals surface area contributed by atoms with E-state index in [2.05, 4.69) is 15.6 Å². The number of hydrogen-bond acceptors (Lipinski definition) is 4. The van der Waals surface area contributed by atoms with Crippen LogP contribution in [-0.4, -0.2) is 30.4 Å². The van der Waals surface area contributed by atoms with E-state index in [-0.39, 0.29) is 11.8 Å². The summed E-state index contributed by atoms with van der Waals surface area (Å²) in [5.74, 6) is 1.08. The lowest BCUT2D eigenvalue weighted by atomic mass is 10.1. The van der Waals surface area contributed by atoms with Crippen LogP contribution in [0, 0.1) is 0 Å². The first-order valence-electron chi connectivity index (χ1n) is 6.56. The maximum Gasteiger partial charge on any atom is 0.146 e. The Labute approximate surface area is 110 Å². The van der Waals surface area contributed by atoms with Gasteiger partial charge in [0, 0.05) is 12.7 Å². The summed E-state index contributed by atoms with van der Waals surface area (Å²) in [6.45, 7) is 6.45. The van der Waals surface area contributed by atoms with E-state index in [1.807, 2.05) is 39.1 Å². The van der Waals surface area contributed by atoms with Gasteiger partial charge in [0.1, 0.15) is 11.6 Å². The lowest BCUT2D eigenvalue weighted by Gasteiger charge is -2.12. The third-order valence-corrected chi connectivity index (χ3v) is 2.48. The molecule has 0 fully saturated rings. The fourth-order valence-corrected chi connectivity index (χ4v) is 1.54. The first-order valence-corrected chi connectivity index (χ1v) is 6.56. The lowest BCUT2D eigenvalue weighted by molar-refractivity contribution is -0.119. The quantitative estimate of drug-likeness (QED) is 0.731. The van der Waals surface area contributed by atoms with Crippen molar-refractivity contribution in [3.8, 4) is 0 Å². The molecule has 2 N–H and O–H groups in total. The van der Waals surface area contributed by atoms with Crippen molar-refractivity contribution in [2.75, 3.05) is 18.9 Å². The van der Waals surface area contributed by atoms with Gasteiger partial charge in [0.25, 0.3) is 0 Å². The molecule has 18 heavy (non-hydrogen) atoms. The molecule has 4 nitrogen and oxygen atoms in total. The van der Waals surface area contributed by atoms with Crippen molar-refractivity contribution in [3.05, 3.63) is 24.4 Å². The molecule has 0 aromatic carbocycles. The van der Waals surface area contributed by atoms with Crippen molar-refractivity contribution in [3.63, 3.8) is 0 Å². The zero-order valence-electron chi connectivity index (χ0n) is 11.9. The molecule has 0 aliphatic rings. The zero-order chi connectivity index (χ0) is 13.8. The highest BCUT2D eigenvalue weighted by molar-refractivity contribution is 5.81. The SMILES string of the molecule is CC.CNC(CCCNc1ccccn1)C(C)=O. The highest BCUT2D eigenvalue weighted by Gasteiger charge is 2.09. The monoisotopic (exact) mass is 251 g/mol. The number of likely N-dealkylation sites (N-methyl/N-ethyl adjacent to an activating group) is 1. The second-order valence-corrected chi connectivity index (χ2v) is 3.74. The van der Waals surface area contributed by atoms with E-state index in [0.29, 0.717) is 0 Å². The van der Waals surface area contributed by atoms with Crippen LogP contribution in [0.3, 0.4) is 0 Å². The number of nitrogens with one attached hydrogen (secondary N) is 2. The topological polar surface area (TPSA) is 54.0 Å². The van der Waals surface area contributed by atoms with Crippen molar-refractivity contribution >= 4 is 11.6 Å². The molecule has 1 atom stereocenters. The van der Waals surface area contributed by atoms with Gasteiger partial charge in [-0.15, -0.1) is 0 Å². The molecule has 0 aliphatic carbocycles. The predicted molar refractivity (Wildman–Crippen MR) is 76.8 cm³/mol. The summed E-state index contributed by atoms with van der Waals surface area (Å²) in [6.07, 6.45) is 3.56. The van der Waals surface area contributed by atoms with Gasteiger partial charge in [-0.1, -0.05) is 19.9 Å². The van der Waals surface area contributed by atoms with Crippen LogP contribution in [0.2, 0.25) is 0 Å². The highest BCUT2D eigenvalue weighted by atomic mass is 16.1. The number of ketones is 1. The number of aromatic nitrogens is 1. The molecule has 1 heterocycles. The maximum atomic E-state index is 11.1. The van der Waals surface area contributed by atoms with Crippen LogP contribution in [0.5, 0.6) is 0 Å². The van der Waals surface area contributed by atoms with Crippen LogP contribution in [-0.2, 0) is 4.79 Å². The van der Waals surface area contributed by atoms with Crippen molar-refractivity contribution in [1.29, 1.82) is 0 Å². The minimum Gasteiger partial charge on any atom is -0.370 e. The summed E-state index contributed by atoms with van der Waals surface area (Å²) in [6, 6.07) is 5.74. The van der Waals surface area contributed by atoms with Crippen molar-refractivity contribution < 1.29 is 4.79 Å². The fourth-order valence-electron chi connectivity index (χ4n) is 1.54. The van der Waals surface area contributed by atoms with Crippen LogP contribution in [0.15, 0.2) is 24.4 Å². The first-order chi connectivity index (χ1) is 8.74. The Morgan fingerprint density at radius 2 is 2.11 bits per heavy atom. The second-order valence-electron chi connectivity index (χ2n) is 3.74. The Morgan fingerprint density at radius 3 is 2.61 bits per heavy atom. The Balaban J connectivity index is 0.00000137. The number of carbonyl (C=O) groups excluding carboxylic acids is 1. The van der Waals surface area contributed by atoms with Gasteiger partial charge in [-0.3, -0.25) is 4.79 Å². The molecule has 0 amide bonds. The Hall–Kier alpha value is -1.42. The molecule has 1 aromatic heterocycles. The summed E-state index contributed by atoms with van der Waals surface area (Å²) >= 11 is 0. The number of hydrogen-bond donors (Lipinski definition) is 2. The molecule has 0 saturated heterocycles. The van der Waals surface area contributed by atoms with Crippen molar-refractivity contribution in [2.24, 2.45) is 0 Å².